The molecule has 35 heavy (non-hydrogen) atoms. The number of allylic oxidation sites excluding steroid dienone is 1. The fraction of sp³-hybridized carbons (Fsp3) is 0.370. The highest BCUT2D eigenvalue weighted by atomic mass is 32.2. The quantitative estimate of drug-likeness (QED) is 0.260. The summed E-state index contributed by atoms with van der Waals surface area (Å²) in [6.07, 6.45) is 3.14. The van der Waals surface area contributed by atoms with Crippen LogP contribution in [0.2, 0.25) is 0 Å². The van der Waals surface area contributed by atoms with E-state index in [9.17, 15) is 4.79 Å². The zero-order chi connectivity index (χ0) is 24.8. The zero-order valence-corrected chi connectivity index (χ0v) is 21.6. The minimum absolute atomic E-state index is 0.170. The Balaban J connectivity index is 1.68. The number of nitrogens with zero attached hydrogens (tertiary/aromatic N) is 3. The third-order valence-corrected chi connectivity index (χ3v) is 6.83. The Morgan fingerprint density at radius 3 is 2.51 bits per heavy atom. The van der Waals surface area contributed by atoms with Crippen molar-refractivity contribution in [2.45, 2.75) is 58.2 Å². The monoisotopic (exact) mass is 491 g/mol. The largest absolute Gasteiger partial charge is 0.494 e. The van der Waals surface area contributed by atoms with E-state index in [1.807, 2.05) is 67.1 Å². The lowest BCUT2D eigenvalue weighted by atomic mass is 9.95. The van der Waals surface area contributed by atoms with Crippen molar-refractivity contribution in [1.82, 2.24) is 14.8 Å². The van der Waals surface area contributed by atoms with Gasteiger partial charge >= 0.3 is 0 Å². The second kappa shape index (κ2) is 11.4. The van der Waals surface area contributed by atoms with Gasteiger partial charge in [-0.2, -0.15) is 4.98 Å². The smallest absolute Gasteiger partial charge is 0.255 e. The molecule has 2 N–H and O–H groups in total. The van der Waals surface area contributed by atoms with Gasteiger partial charge in [0.05, 0.1) is 12.2 Å². The maximum Gasteiger partial charge on any atom is 0.255 e. The van der Waals surface area contributed by atoms with Gasteiger partial charge in [-0.25, -0.2) is 4.68 Å². The fourth-order valence-electron chi connectivity index (χ4n) is 3.90. The van der Waals surface area contributed by atoms with Gasteiger partial charge in [0, 0.05) is 17.1 Å². The minimum atomic E-state index is -0.412. The van der Waals surface area contributed by atoms with Crippen LogP contribution in [-0.2, 0) is 4.79 Å². The number of carbonyl (C=O) groups excluding carboxylic acids is 1. The van der Waals surface area contributed by atoms with Crippen molar-refractivity contribution in [1.29, 1.82) is 0 Å². The van der Waals surface area contributed by atoms with Crippen molar-refractivity contribution < 1.29 is 9.53 Å². The summed E-state index contributed by atoms with van der Waals surface area (Å²) in [7, 11) is 0. The molecular weight excluding hydrogens is 458 g/mol. The van der Waals surface area contributed by atoms with Crippen LogP contribution in [0.4, 0.5) is 11.6 Å². The highest BCUT2D eigenvalue weighted by Gasteiger charge is 2.34. The number of aryl methyl sites for hydroxylation is 1. The standard InChI is InChI=1S/C27H33N5O2S/c1-5-7-16-34-22-14-10-20(11-15-22)24-23(25(33)29-21-12-8-18(3)9-13-21)19(4)28-26-30-27(31-32(24)26)35-17-6-2/h8-15,24H,5-7,16-17H2,1-4H3,(H,29,33)(H,28,30,31). The normalized spacial score (nSPS) is 14.9. The van der Waals surface area contributed by atoms with Crippen LogP contribution in [0.25, 0.3) is 0 Å². The minimum Gasteiger partial charge on any atom is -0.494 e. The molecule has 0 radical (unpaired) electrons. The lowest BCUT2D eigenvalue weighted by Gasteiger charge is -2.28. The van der Waals surface area contributed by atoms with Crippen LogP contribution < -0.4 is 15.4 Å². The molecule has 0 saturated carbocycles. The number of hydrogen-bond acceptors (Lipinski definition) is 6. The Hall–Kier alpha value is -3.26. The molecule has 0 fully saturated rings. The van der Waals surface area contributed by atoms with Crippen LogP contribution >= 0.6 is 11.8 Å². The molecule has 2 aromatic carbocycles. The number of carbonyl (C=O) groups is 1. The number of unbranched alkanes of at least 4 members (excludes halogenated alkanes) is 1. The third kappa shape index (κ3) is 5.88. The van der Waals surface area contributed by atoms with E-state index in [1.165, 1.54) is 0 Å². The number of aromatic nitrogens is 3. The van der Waals surface area contributed by atoms with Crippen molar-refractivity contribution in [3.8, 4) is 5.75 Å². The summed E-state index contributed by atoms with van der Waals surface area (Å²) in [6.45, 7) is 8.90. The Morgan fingerprint density at radius 1 is 1.09 bits per heavy atom. The molecular formula is C27H33N5O2S. The average molecular weight is 492 g/mol. The van der Waals surface area contributed by atoms with Crippen molar-refractivity contribution in [3.63, 3.8) is 0 Å². The highest BCUT2D eigenvalue weighted by molar-refractivity contribution is 7.99. The van der Waals surface area contributed by atoms with Gasteiger partial charge < -0.3 is 15.4 Å². The van der Waals surface area contributed by atoms with Gasteiger partial charge in [-0.15, -0.1) is 5.10 Å². The summed E-state index contributed by atoms with van der Waals surface area (Å²) in [5.74, 6) is 2.23. The Kier molecular flexibility index (Phi) is 8.13. The molecule has 0 bridgehead atoms. The molecule has 0 spiro atoms. The van der Waals surface area contributed by atoms with E-state index < -0.39 is 6.04 Å². The van der Waals surface area contributed by atoms with Crippen molar-refractivity contribution in [2.24, 2.45) is 0 Å². The van der Waals surface area contributed by atoms with Crippen molar-refractivity contribution >= 4 is 29.3 Å². The maximum atomic E-state index is 13.6. The lowest BCUT2D eigenvalue weighted by molar-refractivity contribution is -0.113. The second-order valence-corrected chi connectivity index (χ2v) is 9.73. The molecule has 4 rings (SSSR count). The number of benzene rings is 2. The van der Waals surface area contributed by atoms with Crippen LogP contribution in [0, 0.1) is 6.92 Å². The fourth-order valence-corrected chi connectivity index (χ4v) is 4.59. The summed E-state index contributed by atoms with van der Waals surface area (Å²) in [5, 5.41) is 11.8. The van der Waals surface area contributed by atoms with E-state index in [2.05, 4.69) is 29.5 Å². The number of thioether (sulfide) groups is 1. The third-order valence-electron chi connectivity index (χ3n) is 5.78. The Labute approximate surface area is 211 Å². The summed E-state index contributed by atoms with van der Waals surface area (Å²) < 4.78 is 7.67. The van der Waals surface area contributed by atoms with Crippen molar-refractivity contribution in [3.05, 3.63) is 70.9 Å². The molecule has 3 aromatic rings. The van der Waals surface area contributed by atoms with Crippen LogP contribution in [-0.4, -0.2) is 33.0 Å². The second-order valence-electron chi connectivity index (χ2n) is 8.67. The van der Waals surface area contributed by atoms with Crippen LogP contribution in [0.5, 0.6) is 5.75 Å². The lowest BCUT2D eigenvalue weighted by Crippen LogP contribution is -2.31. The zero-order valence-electron chi connectivity index (χ0n) is 20.8. The van der Waals surface area contributed by atoms with Gasteiger partial charge in [-0.05, 0) is 56.5 Å². The van der Waals surface area contributed by atoms with Crippen LogP contribution in [0.15, 0.2) is 65.0 Å². The summed E-state index contributed by atoms with van der Waals surface area (Å²) in [5.41, 5.74) is 4.20. The van der Waals surface area contributed by atoms with Gasteiger partial charge in [0.15, 0.2) is 0 Å². The molecule has 0 saturated heterocycles. The van der Waals surface area contributed by atoms with Crippen molar-refractivity contribution in [2.75, 3.05) is 23.0 Å². The molecule has 1 amide bonds. The first-order valence-corrected chi connectivity index (χ1v) is 13.2. The van der Waals surface area contributed by atoms with Crippen LogP contribution in [0.3, 0.4) is 0 Å². The molecule has 8 heteroatoms. The van der Waals surface area contributed by atoms with Crippen LogP contribution in [0.1, 0.15) is 57.2 Å². The summed E-state index contributed by atoms with van der Waals surface area (Å²) in [6, 6.07) is 15.3. The summed E-state index contributed by atoms with van der Waals surface area (Å²) in [4.78, 5) is 18.3. The average Bonchev–Trinajstić information content (AvgIpc) is 3.26. The number of amides is 1. The van der Waals surface area contributed by atoms with Gasteiger partial charge in [-0.3, -0.25) is 4.79 Å². The first-order valence-electron chi connectivity index (χ1n) is 12.2. The predicted octanol–water partition coefficient (Wildman–Crippen LogP) is 6.20. The van der Waals surface area contributed by atoms with Gasteiger partial charge in [0.2, 0.25) is 11.1 Å². The maximum absolute atomic E-state index is 13.6. The molecule has 1 atom stereocenters. The SMILES string of the molecule is CCCCOc1ccc(C2C(C(=O)Nc3ccc(C)cc3)=C(C)Nc3nc(SCCC)nn32)cc1. The Bertz CT molecular complexity index is 1190. The van der Waals surface area contributed by atoms with E-state index in [0.717, 1.165) is 53.3 Å². The van der Waals surface area contributed by atoms with Gasteiger partial charge in [0.25, 0.3) is 5.91 Å². The topological polar surface area (TPSA) is 81.1 Å². The number of nitrogens with one attached hydrogen (secondary N) is 2. The van der Waals surface area contributed by atoms with E-state index in [4.69, 9.17) is 9.84 Å². The molecule has 7 nitrogen and oxygen atoms in total. The molecule has 1 aliphatic heterocycles. The predicted molar refractivity (Wildman–Crippen MR) is 142 cm³/mol. The first-order chi connectivity index (χ1) is 17.0. The molecule has 1 unspecified atom stereocenters. The van der Waals surface area contributed by atoms with Gasteiger partial charge in [-0.1, -0.05) is 61.9 Å². The molecule has 184 valence electrons. The van der Waals surface area contributed by atoms with E-state index in [0.29, 0.717) is 23.3 Å². The molecule has 2 heterocycles. The van der Waals surface area contributed by atoms with E-state index in [1.54, 1.807) is 11.8 Å². The first kappa shape index (κ1) is 24.9. The molecule has 1 aliphatic rings. The molecule has 0 aliphatic carbocycles. The summed E-state index contributed by atoms with van der Waals surface area (Å²) >= 11 is 1.62. The number of anilines is 2. The van der Waals surface area contributed by atoms with E-state index >= 15 is 0 Å². The van der Waals surface area contributed by atoms with E-state index in [-0.39, 0.29) is 5.91 Å². The number of fused-ring (bicyclic) bond motifs is 1. The van der Waals surface area contributed by atoms with Gasteiger partial charge in [0.1, 0.15) is 11.8 Å². The number of rotatable bonds is 10. The highest BCUT2D eigenvalue weighted by Crippen LogP contribution is 2.37. The Morgan fingerprint density at radius 2 is 1.83 bits per heavy atom. The molecule has 1 aromatic heterocycles. The number of hydrogen-bond donors (Lipinski definition) is 2. The number of ether oxygens (including phenoxy) is 1.